The summed E-state index contributed by atoms with van der Waals surface area (Å²) in [7, 11) is 0. The highest BCUT2D eigenvalue weighted by Crippen LogP contribution is 2.33. The Bertz CT molecular complexity index is 1410. The van der Waals surface area contributed by atoms with Crippen LogP contribution in [0.3, 0.4) is 0 Å². The Kier molecular flexibility index (Phi) is 5.90. The molecular weight excluding hydrogens is 450 g/mol. The molecule has 0 N–H and O–H groups in total. The first kappa shape index (κ1) is 21.8. The summed E-state index contributed by atoms with van der Waals surface area (Å²) in [6.07, 6.45) is 1.29. The van der Waals surface area contributed by atoms with Gasteiger partial charge in [0.2, 0.25) is 0 Å². The smallest absolute Gasteiger partial charge is 0.338 e. The van der Waals surface area contributed by atoms with Gasteiger partial charge in [0.05, 0.1) is 26.8 Å². The first-order valence-corrected chi connectivity index (χ1v) is 11.5. The highest BCUT2D eigenvalue weighted by molar-refractivity contribution is 7.10. The number of nitro groups is 1. The lowest BCUT2D eigenvalue weighted by Crippen LogP contribution is -2.39. The maximum absolute atomic E-state index is 13.4. The number of allylic oxidation sites excluding steroid dienone is 1. The van der Waals surface area contributed by atoms with E-state index in [9.17, 15) is 19.7 Å². The average molecular weight is 470 g/mol. The molecule has 0 bridgehead atoms. The topological polar surface area (TPSA) is 104 Å². The molecule has 164 valence electrons. The minimum absolute atomic E-state index is 0.0578. The fourth-order valence-electron chi connectivity index (χ4n) is 3.46. The van der Waals surface area contributed by atoms with Crippen LogP contribution in [-0.4, -0.2) is 21.6 Å². The first-order chi connectivity index (χ1) is 15.3. The van der Waals surface area contributed by atoms with Gasteiger partial charge in [-0.05, 0) is 43.9 Å². The number of ether oxygens (including phenoxy) is 1. The number of thiazole rings is 1. The van der Waals surface area contributed by atoms with Crippen molar-refractivity contribution in [2.45, 2.75) is 32.9 Å². The summed E-state index contributed by atoms with van der Waals surface area (Å²) in [5.41, 5.74) is 0.985. The van der Waals surface area contributed by atoms with E-state index in [1.165, 1.54) is 39.4 Å². The van der Waals surface area contributed by atoms with Crippen LogP contribution in [0.15, 0.2) is 62.8 Å². The van der Waals surface area contributed by atoms with E-state index in [1.54, 1.807) is 39.0 Å². The molecule has 0 fully saturated rings. The molecule has 3 aromatic rings. The van der Waals surface area contributed by atoms with Gasteiger partial charge in [0.1, 0.15) is 6.04 Å². The van der Waals surface area contributed by atoms with Crippen LogP contribution >= 0.6 is 22.7 Å². The van der Waals surface area contributed by atoms with Crippen LogP contribution < -0.4 is 14.9 Å². The van der Waals surface area contributed by atoms with E-state index in [-0.39, 0.29) is 17.4 Å². The lowest BCUT2D eigenvalue weighted by atomic mass is 10.0. The number of hydrogen-bond acceptors (Lipinski definition) is 8. The van der Waals surface area contributed by atoms with Gasteiger partial charge < -0.3 is 4.74 Å². The van der Waals surface area contributed by atoms with Gasteiger partial charge in [-0.3, -0.25) is 19.5 Å². The zero-order valence-corrected chi connectivity index (χ0v) is 19.1. The second kappa shape index (κ2) is 8.64. The van der Waals surface area contributed by atoms with Gasteiger partial charge in [0, 0.05) is 17.0 Å². The predicted octanol–water partition coefficient (Wildman–Crippen LogP) is 3.16. The molecule has 0 saturated carbocycles. The zero-order chi connectivity index (χ0) is 23.0. The number of benzene rings is 1. The number of esters is 1. The number of nitrogens with zero attached hydrogens (tertiary/aromatic N) is 3. The number of thiophene rings is 1. The van der Waals surface area contributed by atoms with Crippen LogP contribution in [0.2, 0.25) is 0 Å². The number of aromatic nitrogens is 1. The highest BCUT2D eigenvalue weighted by Gasteiger charge is 2.34. The molecule has 3 heterocycles. The Hall–Kier alpha value is -3.37. The minimum Gasteiger partial charge on any atom is -0.459 e. The van der Waals surface area contributed by atoms with E-state index >= 15 is 0 Å². The predicted molar refractivity (Wildman–Crippen MR) is 122 cm³/mol. The normalized spacial score (nSPS) is 16.1. The quantitative estimate of drug-likeness (QED) is 0.324. The van der Waals surface area contributed by atoms with Crippen molar-refractivity contribution in [2.75, 3.05) is 0 Å². The number of nitro benzene ring substituents is 1. The molecule has 1 aliphatic heterocycles. The van der Waals surface area contributed by atoms with Crippen molar-refractivity contribution in [1.29, 1.82) is 0 Å². The first-order valence-electron chi connectivity index (χ1n) is 9.77. The molecule has 0 saturated heterocycles. The SMILES string of the molecule is CC1=C(C(=O)OC(C)C)[C@@H](c2cccs2)n2c(s/c(=C/c3cccc([N+](=O)[O-])c3)c2=O)=N1. The maximum Gasteiger partial charge on any atom is 0.338 e. The second-order valence-electron chi connectivity index (χ2n) is 7.40. The third-order valence-corrected chi connectivity index (χ3v) is 6.68. The van der Waals surface area contributed by atoms with Crippen molar-refractivity contribution in [1.82, 2.24) is 4.57 Å². The van der Waals surface area contributed by atoms with E-state index < -0.39 is 16.9 Å². The molecular formula is C22H19N3O5S2. The molecule has 0 unspecified atom stereocenters. The maximum atomic E-state index is 13.4. The third-order valence-electron chi connectivity index (χ3n) is 4.78. The van der Waals surface area contributed by atoms with Gasteiger partial charge in [-0.25, -0.2) is 9.79 Å². The zero-order valence-electron chi connectivity index (χ0n) is 17.5. The van der Waals surface area contributed by atoms with Gasteiger partial charge in [0.25, 0.3) is 11.2 Å². The second-order valence-corrected chi connectivity index (χ2v) is 9.39. The summed E-state index contributed by atoms with van der Waals surface area (Å²) in [6, 6.07) is 9.15. The molecule has 0 spiro atoms. The van der Waals surface area contributed by atoms with E-state index in [1.807, 2.05) is 17.5 Å². The summed E-state index contributed by atoms with van der Waals surface area (Å²) in [4.78, 5) is 42.7. The Morgan fingerprint density at radius 2 is 2.09 bits per heavy atom. The number of carbonyl (C=O) groups excluding carboxylic acids is 1. The standard InChI is InChI=1S/C22H19N3O5S2/c1-12(2)30-21(27)18-13(3)23-22-24(19(18)16-8-5-9-31-16)20(26)17(32-22)11-14-6-4-7-15(10-14)25(28)29/h4-12,19H,1-3H3/b17-11+/t19-/m1/s1. The molecule has 4 rings (SSSR count). The average Bonchev–Trinajstić information content (AvgIpc) is 3.35. The summed E-state index contributed by atoms with van der Waals surface area (Å²) < 4.78 is 7.32. The summed E-state index contributed by atoms with van der Waals surface area (Å²) in [5.74, 6) is -0.507. The van der Waals surface area contributed by atoms with Crippen LogP contribution in [0.4, 0.5) is 5.69 Å². The Balaban J connectivity index is 1.91. The van der Waals surface area contributed by atoms with Crippen LogP contribution in [0.5, 0.6) is 0 Å². The van der Waals surface area contributed by atoms with E-state index in [0.29, 0.717) is 26.2 Å². The van der Waals surface area contributed by atoms with Crippen molar-refractivity contribution < 1.29 is 14.5 Å². The fraction of sp³-hybridized carbons (Fsp3) is 0.227. The van der Waals surface area contributed by atoms with Crippen molar-refractivity contribution in [3.63, 3.8) is 0 Å². The highest BCUT2D eigenvalue weighted by atomic mass is 32.1. The number of hydrogen-bond donors (Lipinski definition) is 0. The lowest BCUT2D eigenvalue weighted by Gasteiger charge is -2.24. The molecule has 0 amide bonds. The molecule has 1 aliphatic rings. The van der Waals surface area contributed by atoms with Gasteiger partial charge in [-0.1, -0.05) is 29.5 Å². The molecule has 1 atom stereocenters. The molecule has 0 aliphatic carbocycles. The van der Waals surface area contributed by atoms with Gasteiger partial charge >= 0.3 is 5.97 Å². The van der Waals surface area contributed by atoms with Crippen LogP contribution in [0.1, 0.15) is 37.3 Å². The number of non-ortho nitro benzene ring substituents is 1. The number of carbonyl (C=O) groups is 1. The molecule has 10 heteroatoms. The van der Waals surface area contributed by atoms with Crippen LogP contribution in [0, 0.1) is 10.1 Å². The van der Waals surface area contributed by atoms with Crippen LogP contribution in [0.25, 0.3) is 6.08 Å². The Morgan fingerprint density at radius 3 is 2.75 bits per heavy atom. The molecule has 1 aromatic carbocycles. The number of fused-ring (bicyclic) bond motifs is 1. The monoisotopic (exact) mass is 469 g/mol. The minimum atomic E-state index is -0.648. The van der Waals surface area contributed by atoms with Crippen molar-refractivity contribution in [2.24, 2.45) is 4.99 Å². The van der Waals surface area contributed by atoms with Gasteiger partial charge in [-0.15, -0.1) is 11.3 Å². The Labute approximate surface area is 190 Å². The fourth-order valence-corrected chi connectivity index (χ4v) is 5.33. The molecule has 32 heavy (non-hydrogen) atoms. The van der Waals surface area contributed by atoms with Gasteiger partial charge in [0.15, 0.2) is 4.80 Å². The lowest BCUT2D eigenvalue weighted by molar-refractivity contribution is -0.384. The van der Waals surface area contributed by atoms with Crippen molar-refractivity contribution in [3.05, 3.63) is 93.3 Å². The Morgan fingerprint density at radius 1 is 1.31 bits per heavy atom. The van der Waals surface area contributed by atoms with E-state index in [2.05, 4.69) is 4.99 Å². The molecule has 2 aromatic heterocycles. The molecule has 0 radical (unpaired) electrons. The van der Waals surface area contributed by atoms with Crippen LogP contribution in [-0.2, 0) is 9.53 Å². The van der Waals surface area contributed by atoms with Crippen molar-refractivity contribution in [3.8, 4) is 0 Å². The third kappa shape index (κ3) is 4.06. The van der Waals surface area contributed by atoms with E-state index in [4.69, 9.17) is 4.74 Å². The number of rotatable bonds is 5. The van der Waals surface area contributed by atoms with E-state index in [0.717, 1.165) is 4.88 Å². The van der Waals surface area contributed by atoms with Gasteiger partial charge in [-0.2, -0.15) is 0 Å². The molecule has 8 nitrogen and oxygen atoms in total. The largest absolute Gasteiger partial charge is 0.459 e. The summed E-state index contributed by atoms with van der Waals surface area (Å²) >= 11 is 2.62. The summed E-state index contributed by atoms with van der Waals surface area (Å²) in [6.45, 7) is 5.26. The summed E-state index contributed by atoms with van der Waals surface area (Å²) in [5, 5.41) is 13.0. The van der Waals surface area contributed by atoms with Crippen molar-refractivity contribution >= 4 is 40.4 Å².